The molecule has 1 saturated carbocycles. The molecule has 3 unspecified atom stereocenters. The van der Waals surface area contributed by atoms with E-state index in [0.29, 0.717) is 13.0 Å². The van der Waals surface area contributed by atoms with E-state index in [2.05, 4.69) is 15.9 Å². The van der Waals surface area contributed by atoms with Crippen LogP contribution in [0.4, 0.5) is 10.1 Å². The standard InChI is InChI=1S/C13H15BrFNO4/c1-2-5-19-13-9(14)7-12(13)20-11-6-8(15)3-4-10(11)16(17)18/h3-4,6,9,12-13H,2,5,7H2,1H3. The average Bonchev–Trinajstić information content (AvgIpc) is 2.38. The normalized spacial score (nSPS) is 25.1. The zero-order chi connectivity index (χ0) is 14.7. The summed E-state index contributed by atoms with van der Waals surface area (Å²) in [5, 5.41) is 10.9. The average molecular weight is 348 g/mol. The van der Waals surface area contributed by atoms with E-state index in [1.54, 1.807) is 0 Å². The van der Waals surface area contributed by atoms with Crippen molar-refractivity contribution in [2.45, 2.75) is 36.8 Å². The SMILES string of the molecule is CCCOC1C(Br)CC1Oc1cc(F)ccc1[N+](=O)[O-]. The first-order valence-corrected chi connectivity index (χ1v) is 7.30. The summed E-state index contributed by atoms with van der Waals surface area (Å²) in [5.74, 6) is -0.615. The summed E-state index contributed by atoms with van der Waals surface area (Å²) >= 11 is 3.46. The van der Waals surface area contributed by atoms with Crippen LogP contribution in [0.5, 0.6) is 5.75 Å². The van der Waals surface area contributed by atoms with Crippen molar-refractivity contribution in [3.63, 3.8) is 0 Å². The molecule has 0 bridgehead atoms. The van der Waals surface area contributed by atoms with Gasteiger partial charge in [0.1, 0.15) is 18.0 Å². The topological polar surface area (TPSA) is 61.6 Å². The second kappa shape index (κ2) is 6.49. The number of nitrogens with zero attached hydrogens (tertiary/aromatic N) is 1. The molecule has 0 spiro atoms. The molecule has 0 heterocycles. The highest BCUT2D eigenvalue weighted by molar-refractivity contribution is 9.09. The van der Waals surface area contributed by atoms with Crippen LogP contribution in [0.3, 0.4) is 0 Å². The zero-order valence-corrected chi connectivity index (χ0v) is 12.5. The Bertz CT molecular complexity index is 499. The van der Waals surface area contributed by atoms with Crippen LogP contribution in [0.1, 0.15) is 19.8 Å². The van der Waals surface area contributed by atoms with Gasteiger partial charge in [-0.1, -0.05) is 22.9 Å². The van der Waals surface area contributed by atoms with Gasteiger partial charge in [-0.25, -0.2) is 4.39 Å². The number of nitro benzene ring substituents is 1. The number of hydrogen-bond donors (Lipinski definition) is 0. The lowest BCUT2D eigenvalue weighted by Gasteiger charge is -2.40. The Balaban J connectivity index is 2.09. The number of halogens is 2. The molecule has 7 heteroatoms. The van der Waals surface area contributed by atoms with E-state index >= 15 is 0 Å². The maximum atomic E-state index is 13.2. The summed E-state index contributed by atoms with van der Waals surface area (Å²) in [6.07, 6.45) is 1.08. The number of benzene rings is 1. The Labute approximate surface area is 124 Å². The first kappa shape index (κ1) is 15.2. The Morgan fingerprint density at radius 2 is 2.30 bits per heavy atom. The van der Waals surface area contributed by atoms with Crippen LogP contribution < -0.4 is 4.74 Å². The maximum Gasteiger partial charge on any atom is 0.311 e. The lowest BCUT2D eigenvalue weighted by molar-refractivity contribution is -0.386. The van der Waals surface area contributed by atoms with Gasteiger partial charge in [0.25, 0.3) is 0 Å². The lowest BCUT2D eigenvalue weighted by atomic mass is 9.91. The Kier molecular flexibility index (Phi) is 4.93. The Morgan fingerprint density at radius 1 is 1.55 bits per heavy atom. The molecule has 1 aromatic carbocycles. The van der Waals surface area contributed by atoms with Gasteiger partial charge in [-0.3, -0.25) is 10.1 Å². The molecule has 1 fully saturated rings. The third-order valence-electron chi connectivity index (χ3n) is 3.09. The Hall–Kier alpha value is -1.21. The number of hydrogen-bond acceptors (Lipinski definition) is 4. The molecule has 5 nitrogen and oxygen atoms in total. The summed E-state index contributed by atoms with van der Waals surface area (Å²) in [4.78, 5) is 10.5. The van der Waals surface area contributed by atoms with E-state index in [9.17, 15) is 14.5 Å². The van der Waals surface area contributed by atoms with Gasteiger partial charge in [-0.15, -0.1) is 0 Å². The fourth-order valence-corrected chi connectivity index (χ4v) is 2.87. The van der Waals surface area contributed by atoms with Crippen LogP contribution in [0.25, 0.3) is 0 Å². The highest BCUT2D eigenvalue weighted by Crippen LogP contribution is 2.37. The summed E-state index contributed by atoms with van der Waals surface area (Å²) in [6, 6.07) is 3.19. The molecule has 1 aliphatic carbocycles. The van der Waals surface area contributed by atoms with Crippen LogP contribution in [0.15, 0.2) is 18.2 Å². The van der Waals surface area contributed by atoms with Crippen molar-refractivity contribution in [2.75, 3.05) is 6.61 Å². The first-order chi connectivity index (χ1) is 9.52. The molecule has 20 heavy (non-hydrogen) atoms. The molecule has 2 rings (SSSR count). The molecular formula is C13H15BrFNO4. The lowest BCUT2D eigenvalue weighted by Crippen LogP contribution is -2.52. The third-order valence-corrected chi connectivity index (χ3v) is 3.99. The van der Waals surface area contributed by atoms with Gasteiger partial charge in [0, 0.05) is 30.0 Å². The molecule has 0 aromatic heterocycles. The Morgan fingerprint density at radius 3 is 2.90 bits per heavy atom. The van der Waals surface area contributed by atoms with E-state index in [1.165, 1.54) is 0 Å². The van der Waals surface area contributed by atoms with Gasteiger partial charge in [0.15, 0.2) is 5.75 Å². The van der Waals surface area contributed by atoms with Gasteiger partial charge in [0.2, 0.25) is 0 Å². The zero-order valence-electron chi connectivity index (χ0n) is 10.9. The highest BCUT2D eigenvalue weighted by Gasteiger charge is 2.43. The summed E-state index contributed by atoms with van der Waals surface area (Å²) in [6.45, 7) is 2.59. The van der Waals surface area contributed by atoms with Crippen molar-refractivity contribution >= 4 is 21.6 Å². The molecule has 0 N–H and O–H groups in total. The second-order valence-corrected chi connectivity index (χ2v) is 5.79. The van der Waals surface area contributed by atoms with E-state index < -0.39 is 10.7 Å². The fraction of sp³-hybridized carbons (Fsp3) is 0.538. The maximum absolute atomic E-state index is 13.2. The van der Waals surface area contributed by atoms with Crippen molar-refractivity contribution in [3.05, 3.63) is 34.1 Å². The van der Waals surface area contributed by atoms with E-state index in [0.717, 1.165) is 24.6 Å². The quantitative estimate of drug-likeness (QED) is 0.449. The smallest absolute Gasteiger partial charge is 0.311 e. The van der Waals surface area contributed by atoms with Gasteiger partial charge < -0.3 is 9.47 Å². The number of ether oxygens (including phenoxy) is 2. The van der Waals surface area contributed by atoms with Gasteiger partial charge in [-0.2, -0.15) is 0 Å². The minimum atomic E-state index is -0.582. The van der Waals surface area contributed by atoms with Crippen molar-refractivity contribution in [1.29, 1.82) is 0 Å². The molecule has 0 saturated heterocycles. The summed E-state index contributed by atoms with van der Waals surface area (Å²) in [7, 11) is 0. The predicted molar refractivity (Wildman–Crippen MR) is 74.8 cm³/mol. The third kappa shape index (κ3) is 3.27. The van der Waals surface area contributed by atoms with Crippen LogP contribution >= 0.6 is 15.9 Å². The number of rotatable bonds is 6. The van der Waals surface area contributed by atoms with Crippen LogP contribution in [0.2, 0.25) is 0 Å². The highest BCUT2D eigenvalue weighted by atomic mass is 79.9. The minimum absolute atomic E-state index is 0.0514. The molecule has 0 radical (unpaired) electrons. The number of nitro groups is 1. The van der Waals surface area contributed by atoms with Crippen LogP contribution in [0, 0.1) is 15.9 Å². The molecule has 1 aliphatic rings. The summed E-state index contributed by atoms with van der Waals surface area (Å²) < 4.78 is 24.4. The van der Waals surface area contributed by atoms with Gasteiger partial charge in [0.05, 0.1) is 4.92 Å². The molecule has 0 amide bonds. The number of alkyl halides is 1. The molecular weight excluding hydrogens is 333 g/mol. The molecule has 3 atom stereocenters. The van der Waals surface area contributed by atoms with E-state index in [-0.39, 0.29) is 28.5 Å². The van der Waals surface area contributed by atoms with Crippen molar-refractivity contribution in [3.8, 4) is 5.75 Å². The van der Waals surface area contributed by atoms with Crippen LogP contribution in [-0.2, 0) is 4.74 Å². The van der Waals surface area contributed by atoms with E-state index in [4.69, 9.17) is 9.47 Å². The van der Waals surface area contributed by atoms with Crippen molar-refractivity contribution in [2.24, 2.45) is 0 Å². The van der Waals surface area contributed by atoms with E-state index in [1.807, 2.05) is 6.92 Å². The van der Waals surface area contributed by atoms with Gasteiger partial charge in [-0.05, 0) is 12.5 Å². The molecule has 0 aliphatic heterocycles. The van der Waals surface area contributed by atoms with Crippen LogP contribution in [-0.4, -0.2) is 28.6 Å². The molecule has 110 valence electrons. The fourth-order valence-electron chi connectivity index (χ4n) is 2.00. The predicted octanol–water partition coefficient (Wildman–Crippen LogP) is 3.44. The molecule has 1 aromatic rings. The monoisotopic (exact) mass is 347 g/mol. The van der Waals surface area contributed by atoms with Crippen molar-refractivity contribution in [1.82, 2.24) is 0 Å². The van der Waals surface area contributed by atoms with Gasteiger partial charge >= 0.3 is 5.69 Å². The largest absolute Gasteiger partial charge is 0.481 e. The minimum Gasteiger partial charge on any atom is -0.481 e. The summed E-state index contributed by atoms with van der Waals surface area (Å²) in [5.41, 5.74) is -0.237. The first-order valence-electron chi connectivity index (χ1n) is 6.39. The second-order valence-electron chi connectivity index (χ2n) is 4.61. The van der Waals surface area contributed by atoms with Crippen molar-refractivity contribution < 1.29 is 18.8 Å².